The first-order chi connectivity index (χ1) is 6.57. The number of hydrogen-bond acceptors (Lipinski definition) is 4. The predicted octanol–water partition coefficient (Wildman–Crippen LogP) is -1.77. The highest BCUT2D eigenvalue weighted by molar-refractivity contribution is 5.80. The number of hydrazone groups is 1. The summed E-state index contributed by atoms with van der Waals surface area (Å²) in [5.41, 5.74) is 6.56. The summed E-state index contributed by atoms with van der Waals surface area (Å²) in [4.78, 5) is 30.5. The number of carbonyl (C=O) groups is 3. The van der Waals surface area contributed by atoms with Crippen LogP contribution in [0.2, 0.25) is 0 Å². The number of carboxylic acids is 1. The van der Waals surface area contributed by atoms with Crippen molar-refractivity contribution in [2.75, 3.05) is 0 Å². The molecule has 0 aliphatic carbocycles. The third-order valence-corrected chi connectivity index (χ3v) is 1.17. The Morgan fingerprint density at radius 3 is 2.64 bits per heavy atom. The van der Waals surface area contributed by atoms with E-state index in [2.05, 4.69) is 16.2 Å². The summed E-state index contributed by atoms with van der Waals surface area (Å²) in [5.74, 6) is -1.19. The summed E-state index contributed by atoms with van der Waals surface area (Å²) in [7, 11) is 0. The first-order valence-corrected chi connectivity index (χ1v) is 3.57. The zero-order valence-corrected chi connectivity index (χ0v) is 7.14. The van der Waals surface area contributed by atoms with Gasteiger partial charge in [0, 0.05) is 12.6 Å². The van der Waals surface area contributed by atoms with Crippen molar-refractivity contribution in [2.24, 2.45) is 10.8 Å². The van der Waals surface area contributed by atoms with Gasteiger partial charge in [-0.3, -0.25) is 4.79 Å². The van der Waals surface area contributed by atoms with Crippen molar-refractivity contribution in [2.45, 2.75) is 12.5 Å². The molecule has 78 valence electrons. The van der Waals surface area contributed by atoms with Crippen LogP contribution >= 0.6 is 0 Å². The summed E-state index contributed by atoms with van der Waals surface area (Å²) in [6.07, 6.45) is 1.35. The fourth-order valence-corrected chi connectivity index (χ4v) is 0.590. The molecular formula is C6H10N4O4. The van der Waals surface area contributed by atoms with E-state index in [1.807, 2.05) is 5.43 Å². The lowest BCUT2D eigenvalue weighted by molar-refractivity contribution is -0.140. The maximum Gasteiger partial charge on any atom is 0.332 e. The van der Waals surface area contributed by atoms with Crippen LogP contribution in [0.5, 0.6) is 0 Å². The van der Waals surface area contributed by atoms with Crippen molar-refractivity contribution in [3.8, 4) is 0 Å². The molecule has 0 aromatic heterocycles. The zero-order chi connectivity index (χ0) is 11.0. The fourth-order valence-electron chi connectivity index (χ4n) is 0.590. The molecule has 5 N–H and O–H groups in total. The Balaban J connectivity index is 3.92. The second-order valence-electron chi connectivity index (χ2n) is 2.20. The topological polar surface area (TPSA) is 134 Å². The Hall–Kier alpha value is -2.12. The maximum absolute atomic E-state index is 10.4. The van der Waals surface area contributed by atoms with E-state index in [0.29, 0.717) is 0 Å². The number of nitrogens with zero attached hydrogens (tertiary/aromatic N) is 1. The van der Waals surface area contributed by atoms with Gasteiger partial charge < -0.3 is 16.2 Å². The van der Waals surface area contributed by atoms with Crippen molar-refractivity contribution >= 4 is 24.6 Å². The second-order valence-corrected chi connectivity index (χ2v) is 2.20. The van der Waals surface area contributed by atoms with E-state index < -0.39 is 18.0 Å². The van der Waals surface area contributed by atoms with Gasteiger partial charge in [0.1, 0.15) is 6.04 Å². The van der Waals surface area contributed by atoms with Crippen molar-refractivity contribution in [1.82, 2.24) is 10.7 Å². The Labute approximate surface area is 79.1 Å². The summed E-state index contributed by atoms with van der Waals surface area (Å²) < 4.78 is 0. The molecule has 0 aliphatic heterocycles. The molecule has 14 heavy (non-hydrogen) atoms. The first-order valence-electron chi connectivity index (χ1n) is 3.57. The Kier molecular flexibility index (Phi) is 5.43. The number of carboxylic acid groups (broad SMARTS) is 1. The van der Waals surface area contributed by atoms with E-state index in [-0.39, 0.29) is 12.8 Å². The smallest absolute Gasteiger partial charge is 0.332 e. The van der Waals surface area contributed by atoms with Gasteiger partial charge in [0.05, 0.1) is 0 Å². The zero-order valence-electron chi connectivity index (χ0n) is 7.14. The van der Waals surface area contributed by atoms with Crippen molar-refractivity contribution in [3.63, 3.8) is 0 Å². The van der Waals surface area contributed by atoms with Gasteiger partial charge in [-0.1, -0.05) is 0 Å². The molecule has 0 spiro atoms. The van der Waals surface area contributed by atoms with Crippen LogP contribution in [0.3, 0.4) is 0 Å². The van der Waals surface area contributed by atoms with Crippen molar-refractivity contribution in [1.29, 1.82) is 0 Å². The van der Waals surface area contributed by atoms with Gasteiger partial charge in [0.25, 0.3) is 0 Å². The summed E-state index contributed by atoms with van der Waals surface area (Å²) >= 11 is 0. The molecule has 0 heterocycles. The quantitative estimate of drug-likeness (QED) is 0.230. The molecule has 8 nitrogen and oxygen atoms in total. The first kappa shape index (κ1) is 11.9. The molecule has 0 bridgehead atoms. The van der Waals surface area contributed by atoms with Gasteiger partial charge in [-0.15, -0.1) is 0 Å². The van der Waals surface area contributed by atoms with E-state index in [9.17, 15) is 14.4 Å². The normalized spacial score (nSPS) is 12.0. The number of amides is 3. The van der Waals surface area contributed by atoms with Gasteiger partial charge in [-0.05, 0) is 0 Å². The molecule has 0 radical (unpaired) electrons. The highest BCUT2D eigenvalue weighted by atomic mass is 16.4. The SMILES string of the molecule is NC(=O)NN=CCC(NC=O)C(=O)O. The van der Waals surface area contributed by atoms with E-state index in [0.717, 1.165) is 6.21 Å². The lowest BCUT2D eigenvalue weighted by Gasteiger charge is -2.06. The largest absolute Gasteiger partial charge is 0.480 e. The molecule has 0 aromatic rings. The summed E-state index contributed by atoms with van der Waals surface area (Å²) in [6, 6.07) is -1.91. The fraction of sp³-hybridized carbons (Fsp3) is 0.333. The van der Waals surface area contributed by atoms with E-state index in [4.69, 9.17) is 5.11 Å². The molecule has 0 aromatic carbocycles. The summed E-state index contributed by atoms with van der Waals surface area (Å²) in [6.45, 7) is 0. The predicted molar refractivity (Wildman–Crippen MR) is 46.5 cm³/mol. The minimum Gasteiger partial charge on any atom is -0.480 e. The van der Waals surface area contributed by atoms with Crippen LogP contribution in [0.1, 0.15) is 6.42 Å². The van der Waals surface area contributed by atoms with E-state index in [1.165, 1.54) is 0 Å². The standard InChI is InChI=1S/C6H10N4O4/c7-6(14)10-9-2-1-4(5(12)13)8-3-11/h2-4H,1H2,(H,8,11)(H,12,13)(H3,7,10,14). The molecule has 8 heteroatoms. The van der Waals surface area contributed by atoms with Crippen LogP contribution in [0, 0.1) is 0 Å². The number of urea groups is 1. The van der Waals surface area contributed by atoms with Gasteiger partial charge in [-0.2, -0.15) is 5.10 Å². The molecule has 1 unspecified atom stereocenters. The number of carbonyl (C=O) groups excluding carboxylic acids is 2. The lowest BCUT2D eigenvalue weighted by Crippen LogP contribution is -2.36. The number of nitrogens with two attached hydrogens (primary N) is 1. The molecule has 0 fully saturated rings. The molecule has 0 rings (SSSR count). The average molecular weight is 202 g/mol. The monoisotopic (exact) mass is 202 g/mol. The molecule has 3 amide bonds. The van der Waals surface area contributed by atoms with Crippen LogP contribution in [-0.4, -0.2) is 35.8 Å². The van der Waals surface area contributed by atoms with Gasteiger partial charge in [0.2, 0.25) is 6.41 Å². The maximum atomic E-state index is 10.4. The Morgan fingerprint density at radius 1 is 1.57 bits per heavy atom. The number of primary amides is 1. The number of nitrogens with one attached hydrogen (secondary N) is 2. The van der Waals surface area contributed by atoms with Crippen LogP contribution in [0.25, 0.3) is 0 Å². The minimum absolute atomic E-state index is 0.0473. The van der Waals surface area contributed by atoms with Crippen LogP contribution in [-0.2, 0) is 9.59 Å². The average Bonchev–Trinajstić information content (AvgIpc) is 2.09. The van der Waals surface area contributed by atoms with Crippen LogP contribution < -0.4 is 16.5 Å². The molecule has 0 saturated heterocycles. The number of hydrogen-bond donors (Lipinski definition) is 4. The van der Waals surface area contributed by atoms with Crippen molar-refractivity contribution in [3.05, 3.63) is 0 Å². The third-order valence-electron chi connectivity index (χ3n) is 1.17. The lowest BCUT2D eigenvalue weighted by atomic mass is 10.2. The van der Waals surface area contributed by atoms with Gasteiger partial charge in [0.15, 0.2) is 0 Å². The van der Waals surface area contributed by atoms with Crippen LogP contribution in [0.4, 0.5) is 4.79 Å². The van der Waals surface area contributed by atoms with E-state index in [1.54, 1.807) is 0 Å². The second kappa shape index (κ2) is 6.40. The highest BCUT2D eigenvalue weighted by Gasteiger charge is 2.13. The summed E-state index contributed by atoms with van der Waals surface area (Å²) in [5, 5.41) is 13.9. The van der Waals surface area contributed by atoms with Gasteiger partial charge in [-0.25, -0.2) is 15.0 Å². The Bertz CT molecular complexity index is 252. The van der Waals surface area contributed by atoms with Crippen molar-refractivity contribution < 1.29 is 19.5 Å². The Morgan fingerprint density at radius 2 is 2.21 bits per heavy atom. The molecule has 0 saturated carbocycles. The van der Waals surface area contributed by atoms with Gasteiger partial charge >= 0.3 is 12.0 Å². The number of rotatable bonds is 6. The highest BCUT2D eigenvalue weighted by Crippen LogP contribution is 1.87. The molecule has 1 atom stereocenters. The van der Waals surface area contributed by atoms with E-state index >= 15 is 0 Å². The minimum atomic E-state index is -1.19. The third kappa shape index (κ3) is 5.52. The molecule has 0 aliphatic rings. The van der Waals surface area contributed by atoms with Crippen LogP contribution in [0.15, 0.2) is 5.10 Å². The number of aliphatic carboxylic acids is 1. The molecular weight excluding hydrogens is 192 g/mol.